The van der Waals surface area contributed by atoms with Gasteiger partial charge >= 0.3 is 0 Å². The summed E-state index contributed by atoms with van der Waals surface area (Å²) >= 11 is 7.68. The van der Waals surface area contributed by atoms with Crippen LogP contribution in [-0.2, 0) is 12.8 Å². The first kappa shape index (κ1) is 15.1. The number of benzene rings is 1. The summed E-state index contributed by atoms with van der Waals surface area (Å²) < 4.78 is 0. The van der Waals surface area contributed by atoms with Crippen LogP contribution in [0.5, 0.6) is 0 Å². The van der Waals surface area contributed by atoms with Crippen molar-refractivity contribution in [3.8, 4) is 6.07 Å². The van der Waals surface area contributed by atoms with Gasteiger partial charge in [0.2, 0.25) is 0 Å². The summed E-state index contributed by atoms with van der Waals surface area (Å²) in [6, 6.07) is 11.5. The summed E-state index contributed by atoms with van der Waals surface area (Å²) in [6.07, 6.45) is 2.96. The van der Waals surface area contributed by atoms with Crippen molar-refractivity contribution in [3.63, 3.8) is 0 Å². The number of hydrogen-bond acceptors (Lipinski definition) is 4. The minimum atomic E-state index is -0.348. The number of thiophene rings is 1. The second kappa shape index (κ2) is 5.90. The number of halogens is 1. The highest BCUT2D eigenvalue weighted by molar-refractivity contribution is 7.16. The number of pyridine rings is 1. The van der Waals surface area contributed by atoms with Gasteiger partial charge in [0.05, 0.1) is 5.56 Å². The molecule has 0 saturated carbocycles. The molecule has 4 nitrogen and oxygen atoms in total. The van der Waals surface area contributed by atoms with Crippen LogP contribution in [0, 0.1) is 11.3 Å². The van der Waals surface area contributed by atoms with Crippen LogP contribution in [0.2, 0.25) is 5.15 Å². The molecule has 0 spiro atoms. The molecule has 24 heavy (non-hydrogen) atoms. The second-order valence-corrected chi connectivity index (χ2v) is 7.11. The normalized spacial score (nSPS) is 12.8. The zero-order valence-electron chi connectivity index (χ0n) is 12.6. The Morgan fingerprint density at radius 2 is 2.17 bits per heavy atom. The van der Waals surface area contributed by atoms with Crippen molar-refractivity contribution in [1.29, 1.82) is 5.26 Å². The summed E-state index contributed by atoms with van der Waals surface area (Å²) in [5.41, 5.74) is 1.92. The van der Waals surface area contributed by atoms with E-state index in [9.17, 15) is 10.1 Å². The molecule has 0 bridgehead atoms. The Kier molecular flexibility index (Phi) is 3.72. The Balaban J connectivity index is 1.69. The highest BCUT2D eigenvalue weighted by atomic mass is 35.5. The molecule has 1 aliphatic carbocycles. The largest absolute Gasteiger partial charge is 0.311 e. The molecule has 2 heterocycles. The monoisotopic (exact) mass is 353 g/mol. The third kappa shape index (κ3) is 2.44. The Labute approximate surface area is 147 Å². The number of rotatable bonds is 2. The van der Waals surface area contributed by atoms with E-state index in [-0.39, 0.29) is 11.6 Å². The van der Waals surface area contributed by atoms with Crippen LogP contribution in [0.1, 0.15) is 32.9 Å². The topological polar surface area (TPSA) is 65.8 Å². The molecular weight excluding hydrogens is 342 g/mol. The molecule has 1 aromatic carbocycles. The third-order valence-corrected chi connectivity index (χ3v) is 5.68. The number of anilines is 1. The molecule has 0 aliphatic heterocycles. The van der Waals surface area contributed by atoms with E-state index in [2.05, 4.69) is 16.4 Å². The standard InChI is InChI=1S/C18H12ClN3OS/c19-16-11-5-2-1-4-10(11)8-14(21-16)17(23)22-18-13(9-20)12-6-3-7-15(12)24-18/h1-2,4-5,8H,3,6-7H2,(H,22,23). The van der Waals surface area contributed by atoms with Gasteiger partial charge in [-0.05, 0) is 36.3 Å². The summed E-state index contributed by atoms with van der Waals surface area (Å²) in [5, 5.41) is 14.8. The van der Waals surface area contributed by atoms with E-state index in [1.54, 1.807) is 6.07 Å². The molecule has 6 heteroatoms. The summed E-state index contributed by atoms with van der Waals surface area (Å²) in [4.78, 5) is 18.0. The van der Waals surface area contributed by atoms with E-state index < -0.39 is 0 Å². The maximum atomic E-state index is 12.6. The summed E-state index contributed by atoms with van der Waals surface area (Å²) in [7, 11) is 0. The van der Waals surface area contributed by atoms with Crippen molar-refractivity contribution in [2.75, 3.05) is 5.32 Å². The zero-order chi connectivity index (χ0) is 16.7. The van der Waals surface area contributed by atoms with Crippen molar-refractivity contribution in [2.45, 2.75) is 19.3 Å². The number of fused-ring (bicyclic) bond motifs is 2. The first-order chi connectivity index (χ1) is 11.7. The fourth-order valence-corrected chi connectivity index (χ4v) is 4.55. The van der Waals surface area contributed by atoms with E-state index in [1.807, 2.05) is 24.3 Å². The van der Waals surface area contributed by atoms with Crippen molar-refractivity contribution >= 4 is 44.6 Å². The van der Waals surface area contributed by atoms with Gasteiger partial charge in [-0.1, -0.05) is 35.9 Å². The van der Waals surface area contributed by atoms with Gasteiger partial charge < -0.3 is 5.32 Å². The Morgan fingerprint density at radius 3 is 3.00 bits per heavy atom. The molecule has 0 radical (unpaired) electrons. The molecule has 3 aromatic rings. The molecule has 1 aliphatic rings. The number of nitrogens with zero attached hydrogens (tertiary/aromatic N) is 2. The lowest BCUT2D eigenvalue weighted by molar-refractivity contribution is 0.102. The van der Waals surface area contributed by atoms with Gasteiger partial charge in [0, 0.05) is 10.3 Å². The van der Waals surface area contributed by atoms with Crippen LogP contribution < -0.4 is 5.32 Å². The predicted molar refractivity (Wildman–Crippen MR) is 95.8 cm³/mol. The Morgan fingerprint density at radius 1 is 1.33 bits per heavy atom. The number of carbonyl (C=O) groups excluding carboxylic acids is 1. The number of hydrogen-bond donors (Lipinski definition) is 1. The number of carbonyl (C=O) groups is 1. The number of nitrogens with one attached hydrogen (secondary N) is 1. The lowest BCUT2D eigenvalue weighted by Gasteiger charge is -2.06. The van der Waals surface area contributed by atoms with Crippen molar-refractivity contribution in [2.24, 2.45) is 0 Å². The third-order valence-electron chi connectivity index (χ3n) is 4.19. The van der Waals surface area contributed by atoms with Gasteiger partial charge in [-0.25, -0.2) is 4.98 Å². The summed E-state index contributed by atoms with van der Waals surface area (Å²) in [5.74, 6) is -0.348. The van der Waals surface area contributed by atoms with Crippen LogP contribution in [-0.4, -0.2) is 10.9 Å². The fraction of sp³-hybridized carbons (Fsp3) is 0.167. The minimum absolute atomic E-state index is 0.246. The quantitative estimate of drug-likeness (QED) is 0.686. The molecule has 0 fully saturated rings. The maximum absolute atomic E-state index is 12.6. The Hall–Kier alpha value is -2.42. The molecule has 1 N–H and O–H groups in total. The highest BCUT2D eigenvalue weighted by Crippen LogP contribution is 2.38. The number of nitriles is 1. The van der Waals surface area contributed by atoms with E-state index in [4.69, 9.17) is 11.6 Å². The van der Waals surface area contributed by atoms with E-state index in [1.165, 1.54) is 16.2 Å². The van der Waals surface area contributed by atoms with Crippen molar-refractivity contribution in [1.82, 2.24) is 4.98 Å². The molecule has 118 valence electrons. The number of aryl methyl sites for hydroxylation is 1. The van der Waals surface area contributed by atoms with Gasteiger partial charge in [-0.15, -0.1) is 11.3 Å². The lowest BCUT2D eigenvalue weighted by atomic mass is 10.1. The number of aromatic nitrogens is 1. The first-order valence-electron chi connectivity index (χ1n) is 7.58. The number of amides is 1. The van der Waals surface area contributed by atoms with Crippen LogP contribution in [0.25, 0.3) is 10.8 Å². The first-order valence-corrected chi connectivity index (χ1v) is 8.78. The van der Waals surface area contributed by atoms with E-state index in [0.717, 1.165) is 35.6 Å². The zero-order valence-corrected chi connectivity index (χ0v) is 14.2. The average molecular weight is 354 g/mol. The summed E-state index contributed by atoms with van der Waals surface area (Å²) in [6.45, 7) is 0. The fourth-order valence-electron chi connectivity index (χ4n) is 3.05. The smallest absolute Gasteiger partial charge is 0.274 e. The molecule has 0 atom stereocenters. The van der Waals surface area contributed by atoms with Gasteiger partial charge in [-0.3, -0.25) is 4.79 Å². The van der Waals surface area contributed by atoms with E-state index >= 15 is 0 Å². The van der Waals surface area contributed by atoms with Crippen LogP contribution >= 0.6 is 22.9 Å². The SMILES string of the molecule is N#Cc1c(NC(=O)c2cc3ccccc3c(Cl)n2)sc2c1CCC2. The van der Waals surface area contributed by atoms with Gasteiger partial charge in [0.25, 0.3) is 5.91 Å². The minimum Gasteiger partial charge on any atom is -0.311 e. The van der Waals surface area contributed by atoms with Crippen LogP contribution in [0.4, 0.5) is 5.00 Å². The molecule has 4 rings (SSSR count). The van der Waals surface area contributed by atoms with Gasteiger partial charge in [0.15, 0.2) is 0 Å². The molecule has 0 saturated heterocycles. The molecule has 2 aromatic heterocycles. The Bertz CT molecular complexity index is 1020. The van der Waals surface area contributed by atoms with Gasteiger partial charge in [-0.2, -0.15) is 5.26 Å². The van der Waals surface area contributed by atoms with Crippen molar-refractivity contribution in [3.05, 3.63) is 57.2 Å². The highest BCUT2D eigenvalue weighted by Gasteiger charge is 2.23. The lowest BCUT2D eigenvalue weighted by Crippen LogP contribution is -2.13. The maximum Gasteiger partial charge on any atom is 0.274 e. The van der Waals surface area contributed by atoms with Crippen LogP contribution in [0.15, 0.2) is 30.3 Å². The predicted octanol–water partition coefficient (Wildman–Crippen LogP) is 4.56. The molecule has 1 amide bonds. The molecular formula is C18H12ClN3OS. The molecule has 0 unspecified atom stereocenters. The van der Waals surface area contributed by atoms with Crippen molar-refractivity contribution < 1.29 is 4.79 Å². The average Bonchev–Trinajstić information content (AvgIpc) is 3.15. The van der Waals surface area contributed by atoms with E-state index in [0.29, 0.717) is 15.7 Å². The van der Waals surface area contributed by atoms with Crippen LogP contribution in [0.3, 0.4) is 0 Å². The van der Waals surface area contributed by atoms with Gasteiger partial charge in [0.1, 0.15) is 21.9 Å². The second-order valence-electron chi connectivity index (χ2n) is 5.65.